The molecule has 1 aromatic heterocycles. The number of nitrogens with one attached hydrogen (secondary N) is 1. The van der Waals surface area contributed by atoms with Crippen molar-refractivity contribution >= 4 is 29.4 Å². The zero-order valence-electron chi connectivity index (χ0n) is 23.4. The van der Waals surface area contributed by atoms with Crippen molar-refractivity contribution in [2.75, 3.05) is 26.5 Å². The number of likely N-dealkylation sites (tertiary alicyclic amines) is 1. The van der Waals surface area contributed by atoms with Crippen LogP contribution in [0, 0.1) is 5.92 Å². The minimum atomic E-state index is -1.41. The van der Waals surface area contributed by atoms with Gasteiger partial charge in [-0.15, -0.1) is 23.5 Å². The molecular formula is C30H39N3O6S2. The fourth-order valence-corrected chi connectivity index (χ4v) is 7.79. The summed E-state index contributed by atoms with van der Waals surface area (Å²) in [6.45, 7) is 3.18. The summed E-state index contributed by atoms with van der Waals surface area (Å²) in [5.41, 5.74) is 1.32. The van der Waals surface area contributed by atoms with E-state index in [4.69, 9.17) is 9.47 Å². The van der Waals surface area contributed by atoms with E-state index in [-0.39, 0.29) is 23.2 Å². The van der Waals surface area contributed by atoms with Crippen molar-refractivity contribution in [1.29, 1.82) is 0 Å². The fourth-order valence-electron chi connectivity index (χ4n) is 6.02. The Morgan fingerprint density at radius 1 is 1.10 bits per heavy atom. The summed E-state index contributed by atoms with van der Waals surface area (Å²) < 4.78 is 12.3. The molecule has 0 aliphatic carbocycles. The molecule has 222 valence electrons. The van der Waals surface area contributed by atoms with Gasteiger partial charge in [0.1, 0.15) is 35.9 Å². The van der Waals surface area contributed by atoms with Gasteiger partial charge in [0, 0.05) is 35.0 Å². The molecule has 0 saturated carbocycles. The van der Waals surface area contributed by atoms with Crippen LogP contribution in [0.2, 0.25) is 0 Å². The van der Waals surface area contributed by atoms with Gasteiger partial charge in [-0.1, -0.05) is 37.3 Å². The molecule has 11 heteroatoms. The number of pyridine rings is 1. The van der Waals surface area contributed by atoms with E-state index in [9.17, 15) is 20.1 Å². The van der Waals surface area contributed by atoms with E-state index in [1.807, 2.05) is 67.5 Å². The summed E-state index contributed by atoms with van der Waals surface area (Å²) in [5, 5.41) is 35.2. The van der Waals surface area contributed by atoms with Gasteiger partial charge in [-0.2, -0.15) is 0 Å². The van der Waals surface area contributed by atoms with Crippen LogP contribution in [0.15, 0.2) is 65.8 Å². The lowest BCUT2D eigenvalue weighted by atomic mass is 9.92. The number of ether oxygens (including phenoxy) is 2. The third kappa shape index (κ3) is 6.67. The van der Waals surface area contributed by atoms with Crippen LogP contribution in [0.4, 0.5) is 0 Å². The molecule has 0 bridgehead atoms. The lowest BCUT2D eigenvalue weighted by molar-refractivity contribution is -0.205. The highest BCUT2D eigenvalue weighted by Crippen LogP contribution is 2.35. The first kappa shape index (κ1) is 30.5. The van der Waals surface area contributed by atoms with Gasteiger partial charge in [0.2, 0.25) is 5.91 Å². The average Bonchev–Trinajstić information content (AvgIpc) is 3.13. The molecule has 5 unspecified atom stereocenters. The van der Waals surface area contributed by atoms with Crippen LogP contribution in [0.1, 0.15) is 13.3 Å². The number of allylic oxidation sites excluding steroid dienone is 1. The molecule has 5 rings (SSSR count). The normalized spacial score (nSPS) is 33.5. The summed E-state index contributed by atoms with van der Waals surface area (Å²) in [7, 11) is 1.93. The van der Waals surface area contributed by atoms with Crippen LogP contribution < -0.4 is 5.32 Å². The standard InChI is InChI=1S/C30H39N3O6S2/c1-17(41-21-11-9-18(10-12-21)19-8-6-13-31-15-19)22(28-25(35)24(34)26(36)30(39-28)40-3)32-29(37)23-27-20(16-33(23)2)7-4-5-14-38-27/h4-6,8-13,15,17,20,22-28,30,34-36H,7,14,16H2,1-3H3,(H,32,37)/t17-,20-,22+,23-,24?,25?,26?,27+,28?,30?/m0/s1. The number of fused-ring (bicyclic) bond motifs is 1. The fraction of sp³-hybridized carbons (Fsp3) is 0.533. The first-order chi connectivity index (χ1) is 19.8. The highest BCUT2D eigenvalue weighted by Gasteiger charge is 2.50. The first-order valence-corrected chi connectivity index (χ1v) is 16.1. The number of carbonyl (C=O) groups is 1. The Hall–Kier alpha value is -1.96. The van der Waals surface area contributed by atoms with Crippen molar-refractivity contribution in [3.63, 3.8) is 0 Å². The molecule has 3 aliphatic heterocycles. The maximum Gasteiger partial charge on any atom is 0.240 e. The van der Waals surface area contributed by atoms with Crippen LogP contribution >= 0.6 is 23.5 Å². The number of hydrogen-bond donors (Lipinski definition) is 4. The molecule has 3 aliphatic rings. The zero-order valence-corrected chi connectivity index (χ0v) is 25.1. The van der Waals surface area contributed by atoms with Gasteiger partial charge in [0.05, 0.1) is 18.8 Å². The van der Waals surface area contributed by atoms with Gasteiger partial charge in [-0.25, -0.2) is 0 Å². The van der Waals surface area contributed by atoms with E-state index in [0.29, 0.717) is 6.61 Å². The lowest BCUT2D eigenvalue weighted by Gasteiger charge is -2.45. The smallest absolute Gasteiger partial charge is 0.240 e. The molecule has 1 amide bonds. The predicted octanol–water partition coefficient (Wildman–Crippen LogP) is 2.16. The van der Waals surface area contributed by atoms with E-state index in [0.717, 1.165) is 29.0 Å². The Bertz CT molecular complexity index is 1190. The number of thioether (sulfide) groups is 2. The summed E-state index contributed by atoms with van der Waals surface area (Å²) in [5.74, 6) is 0.0100. The minimum absolute atomic E-state index is 0.205. The Morgan fingerprint density at radius 3 is 2.59 bits per heavy atom. The number of aromatic nitrogens is 1. The molecule has 9 nitrogen and oxygen atoms in total. The second kappa shape index (κ2) is 13.6. The molecule has 10 atom stereocenters. The summed E-state index contributed by atoms with van der Waals surface area (Å²) >= 11 is 2.80. The van der Waals surface area contributed by atoms with Gasteiger partial charge >= 0.3 is 0 Å². The summed E-state index contributed by atoms with van der Waals surface area (Å²) in [6.07, 6.45) is 5.07. The van der Waals surface area contributed by atoms with Crippen molar-refractivity contribution in [2.45, 2.75) is 71.5 Å². The number of benzene rings is 1. The quantitative estimate of drug-likeness (QED) is 0.264. The van der Waals surface area contributed by atoms with Crippen LogP contribution in [-0.4, -0.2) is 111 Å². The Kier molecular flexibility index (Phi) is 10.1. The molecule has 2 saturated heterocycles. The van der Waals surface area contributed by atoms with Crippen molar-refractivity contribution < 1.29 is 29.6 Å². The van der Waals surface area contributed by atoms with Crippen LogP contribution in [0.5, 0.6) is 0 Å². The maximum absolute atomic E-state index is 13.9. The third-order valence-electron chi connectivity index (χ3n) is 8.21. The van der Waals surface area contributed by atoms with E-state index < -0.39 is 41.9 Å². The highest BCUT2D eigenvalue weighted by molar-refractivity contribution is 8.00. The number of likely N-dealkylation sites (N-methyl/N-ethyl adjacent to an activating group) is 1. The molecular weight excluding hydrogens is 562 g/mol. The second-order valence-corrected chi connectivity index (χ2v) is 13.3. The highest BCUT2D eigenvalue weighted by atomic mass is 32.2. The molecule has 2 aromatic rings. The number of rotatable bonds is 8. The molecule has 1 aromatic carbocycles. The zero-order chi connectivity index (χ0) is 29.1. The number of aliphatic hydroxyl groups is 3. The van der Waals surface area contributed by atoms with Gasteiger partial charge < -0.3 is 30.1 Å². The number of amides is 1. The topological polar surface area (TPSA) is 124 Å². The van der Waals surface area contributed by atoms with Crippen molar-refractivity contribution in [3.8, 4) is 11.1 Å². The van der Waals surface area contributed by atoms with Crippen molar-refractivity contribution in [1.82, 2.24) is 15.2 Å². The molecule has 2 fully saturated rings. The largest absolute Gasteiger partial charge is 0.388 e. The van der Waals surface area contributed by atoms with E-state index in [2.05, 4.69) is 16.4 Å². The summed E-state index contributed by atoms with van der Waals surface area (Å²) in [4.78, 5) is 21.1. The SMILES string of the molecule is CSC1OC([C@H](NC(=O)[C@@H]2[C@@H]3OCC=CC[C@H]3CN2C)[C@H](C)Sc2ccc(-c3cccnc3)cc2)C(O)C(O)C1O. The van der Waals surface area contributed by atoms with Gasteiger partial charge in [0.15, 0.2) is 0 Å². The molecule has 4 heterocycles. The van der Waals surface area contributed by atoms with Gasteiger partial charge in [0.25, 0.3) is 0 Å². The monoisotopic (exact) mass is 601 g/mol. The summed E-state index contributed by atoms with van der Waals surface area (Å²) in [6, 6.07) is 10.8. The number of aliphatic hydroxyl groups excluding tert-OH is 3. The molecule has 0 radical (unpaired) electrons. The van der Waals surface area contributed by atoms with Crippen molar-refractivity contribution in [2.24, 2.45) is 5.92 Å². The molecule has 41 heavy (non-hydrogen) atoms. The van der Waals surface area contributed by atoms with Crippen LogP contribution in [0.25, 0.3) is 11.1 Å². The van der Waals surface area contributed by atoms with Crippen LogP contribution in [0.3, 0.4) is 0 Å². The third-order valence-corrected chi connectivity index (χ3v) is 10.3. The maximum atomic E-state index is 13.9. The van der Waals surface area contributed by atoms with E-state index in [1.165, 1.54) is 11.8 Å². The van der Waals surface area contributed by atoms with E-state index >= 15 is 0 Å². The Morgan fingerprint density at radius 2 is 1.88 bits per heavy atom. The Balaban J connectivity index is 1.38. The van der Waals surface area contributed by atoms with Crippen molar-refractivity contribution in [3.05, 3.63) is 60.9 Å². The average molecular weight is 602 g/mol. The lowest BCUT2D eigenvalue weighted by Crippen LogP contribution is -2.65. The van der Waals surface area contributed by atoms with Crippen LogP contribution in [-0.2, 0) is 14.3 Å². The number of nitrogens with zero attached hydrogens (tertiary/aromatic N) is 2. The van der Waals surface area contributed by atoms with E-state index in [1.54, 1.807) is 24.2 Å². The Labute approximate surface area is 249 Å². The second-order valence-electron chi connectivity index (χ2n) is 10.9. The molecule has 4 N–H and O–H groups in total. The molecule has 0 spiro atoms. The number of carbonyl (C=O) groups excluding carboxylic acids is 1. The van der Waals surface area contributed by atoms with Gasteiger partial charge in [-0.3, -0.25) is 14.7 Å². The first-order valence-electron chi connectivity index (χ1n) is 13.9. The minimum Gasteiger partial charge on any atom is -0.388 e. The number of hydrogen-bond acceptors (Lipinski definition) is 10. The predicted molar refractivity (Wildman–Crippen MR) is 161 cm³/mol. The van der Waals surface area contributed by atoms with Gasteiger partial charge in [-0.05, 0) is 49.1 Å².